The first-order chi connectivity index (χ1) is 19.0. The Morgan fingerprint density at radius 3 is 2.55 bits per heavy atom. The van der Waals surface area contributed by atoms with E-state index in [0.717, 1.165) is 11.1 Å². The number of benzene rings is 2. The zero-order valence-electron chi connectivity index (χ0n) is 22.7. The number of aryl methyl sites for hydroxylation is 1. The maximum Gasteiger partial charge on any atom is 0.228 e. The lowest BCUT2D eigenvalue weighted by Crippen LogP contribution is -2.22. The zero-order valence-corrected chi connectivity index (χ0v) is 23.5. The Morgan fingerprint density at radius 2 is 1.85 bits per heavy atom. The molecule has 1 N–H and O–H groups in total. The number of aromatic nitrogens is 5. The molecule has 1 amide bonds. The largest absolute Gasteiger partial charge is 0.456 e. The summed E-state index contributed by atoms with van der Waals surface area (Å²) in [5.41, 5.74) is 2.74. The van der Waals surface area contributed by atoms with Gasteiger partial charge in [0.05, 0.1) is 34.3 Å². The highest BCUT2D eigenvalue weighted by atomic mass is 32.2. The first-order valence-electron chi connectivity index (χ1n) is 12.7. The molecule has 0 aliphatic rings. The Morgan fingerprint density at radius 1 is 1.02 bits per heavy atom. The third-order valence-electron chi connectivity index (χ3n) is 6.27. The fourth-order valence-electron chi connectivity index (χ4n) is 4.21. The molecule has 2 aromatic carbocycles. The summed E-state index contributed by atoms with van der Waals surface area (Å²) in [7, 11) is -3.64. The number of amides is 1. The average molecular weight is 559 g/mol. The van der Waals surface area contributed by atoms with Crippen LogP contribution in [0.5, 0.6) is 11.5 Å². The SMILES string of the molecule is Cc1cc(CC(=O)Nc2cnn(C(C)(C)C)c2)ccc1Oc1ccnc2ccc(S(=O)(=O)Cn3cccn3)cc12. The summed E-state index contributed by atoms with van der Waals surface area (Å²) in [6.45, 7) is 8.01. The van der Waals surface area contributed by atoms with Gasteiger partial charge in [-0.15, -0.1) is 0 Å². The number of nitrogens with one attached hydrogen (secondary N) is 1. The van der Waals surface area contributed by atoms with Crippen molar-refractivity contribution in [3.8, 4) is 11.5 Å². The Hall–Kier alpha value is -4.51. The Labute approximate surface area is 232 Å². The van der Waals surface area contributed by atoms with E-state index in [-0.39, 0.29) is 28.6 Å². The van der Waals surface area contributed by atoms with Crippen molar-refractivity contribution in [1.29, 1.82) is 0 Å². The minimum atomic E-state index is -3.64. The van der Waals surface area contributed by atoms with E-state index in [0.29, 0.717) is 28.1 Å². The second-order valence-corrected chi connectivity index (χ2v) is 12.5. The molecule has 0 atom stereocenters. The van der Waals surface area contributed by atoms with Gasteiger partial charge in [0.15, 0.2) is 9.84 Å². The van der Waals surface area contributed by atoms with Crippen LogP contribution >= 0.6 is 0 Å². The first-order valence-corrected chi connectivity index (χ1v) is 14.3. The van der Waals surface area contributed by atoms with Crippen molar-refractivity contribution in [3.05, 3.63) is 90.6 Å². The van der Waals surface area contributed by atoms with Crippen molar-refractivity contribution in [2.45, 2.75) is 50.4 Å². The second kappa shape index (κ2) is 10.6. The number of sulfone groups is 1. The summed E-state index contributed by atoms with van der Waals surface area (Å²) in [5.74, 6) is 0.652. The van der Waals surface area contributed by atoms with Crippen LogP contribution in [0.1, 0.15) is 31.9 Å². The molecule has 0 fully saturated rings. The normalized spacial score (nSPS) is 12.0. The molecule has 0 aliphatic carbocycles. The van der Waals surface area contributed by atoms with Gasteiger partial charge in [0.25, 0.3) is 0 Å². The maximum absolute atomic E-state index is 13.0. The standard InChI is InChI=1S/C29H30N6O4S/c1-20-14-21(15-28(36)33-22-17-32-35(18-22)29(2,3)4)6-9-26(20)39-27-10-12-30-25-8-7-23(16-24(25)27)40(37,38)19-34-13-5-11-31-34/h5-14,16-18H,15,19H2,1-4H3,(H,33,36). The molecule has 10 nitrogen and oxygen atoms in total. The van der Waals surface area contributed by atoms with Crippen molar-refractivity contribution >= 4 is 32.3 Å². The average Bonchev–Trinajstić information content (AvgIpc) is 3.57. The summed E-state index contributed by atoms with van der Waals surface area (Å²) in [6, 6.07) is 13.7. The molecule has 11 heteroatoms. The predicted molar refractivity (Wildman–Crippen MR) is 152 cm³/mol. The van der Waals surface area contributed by atoms with Gasteiger partial charge < -0.3 is 10.1 Å². The van der Waals surface area contributed by atoms with E-state index in [2.05, 4.69) is 20.5 Å². The van der Waals surface area contributed by atoms with Crippen molar-refractivity contribution in [1.82, 2.24) is 24.5 Å². The highest BCUT2D eigenvalue weighted by Gasteiger charge is 2.18. The zero-order chi connectivity index (χ0) is 28.5. The topological polar surface area (TPSA) is 121 Å². The van der Waals surface area contributed by atoms with Crippen LogP contribution in [-0.4, -0.2) is 38.9 Å². The summed E-state index contributed by atoms with van der Waals surface area (Å²) in [5, 5.41) is 11.8. The molecule has 5 aromatic rings. The van der Waals surface area contributed by atoms with Gasteiger partial charge in [0.1, 0.15) is 17.4 Å². The van der Waals surface area contributed by atoms with Gasteiger partial charge in [-0.05, 0) is 75.2 Å². The number of nitrogens with zero attached hydrogens (tertiary/aromatic N) is 5. The van der Waals surface area contributed by atoms with Crippen LogP contribution in [0.25, 0.3) is 10.9 Å². The molecule has 40 heavy (non-hydrogen) atoms. The monoisotopic (exact) mass is 558 g/mol. The molecule has 0 aliphatic heterocycles. The fourth-order valence-corrected chi connectivity index (χ4v) is 5.43. The number of carbonyl (C=O) groups is 1. The van der Waals surface area contributed by atoms with Crippen LogP contribution in [0.15, 0.2) is 84.4 Å². The number of anilines is 1. The smallest absolute Gasteiger partial charge is 0.228 e. The van der Waals surface area contributed by atoms with E-state index in [1.165, 1.54) is 16.9 Å². The van der Waals surface area contributed by atoms with E-state index in [4.69, 9.17) is 4.74 Å². The molecule has 0 bridgehead atoms. The maximum atomic E-state index is 13.0. The number of pyridine rings is 1. The first kappa shape index (κ1) is 27.1. The van der Waals surface area contributed by atoms with Gasteiger partial charge in [0.2, 0.25) is 5.91 Å². The van der Waals surface area contributed by atoms with Crippen LogP contribution in [0.3, 0.4) is 0 Å². The van der Waals surface area contributed by atoms with E-state index in [1.807, 2.05) is 46.0 Å². The lowest BCUT2D eigenvalue weighted by atomic mass is 10.1. The number of hydrogen-bond donors (Lipinski definition) is 1. The van der Waals surface area contributed by atoms with E-state index in [1.54, 1.807) is 53.6 Å². The summed E-state index contributed by atoms with van der Waals surface area (Å²) in [6.07, 6.45) is 8.40. The Bertz CT molecular complexity index is 1790. The number of hydrogen-bond acceptors (Lipinski definition) is 7. The third kappa shape index (κ3) is 6.04. The molecular formula is C29H30N6O4S. The molecule has 0 spiro atoms. The van der Waals surface area contributed by atoms with Crippen molar-refractivity contribution in [2.75, 3.05) is 5.32 Å². The minimum Gasteiger partial charge on any atom is -0.456 e. The molecule has 0 saturated carbocycles. The highest BCUT2D eigenvalue weighted by Crippen LogP contribution is 2.33. The van der Waals surface area contributed by atoms with Crippen molar-refractivity contribution in [3.63, 3.8) is 0 Å². The number of ether oxygens (including phenoxy) is 1. The fraction of sp³-hybridized carbons (Fsp3) is 0.241. The molecule has 5 rings (SSSR count). The van der Waals surface area contributed by atoms with Gasteiger partial charge in [-0.1, -0.05) is 12.1 Å². The lowest BCUT2D eigenvalue weighted by Gasteiger charge is -2.18. The van der Waals surface area contributed by atoms with Gasteiger partial charge in [-0.3, -0.25) is 19.1 Å². The highest BCUT2D eigenvalue weighted by molar-refractivity contribution is 7.90. The molecule has 0 unspecified atom stereocenters. The van der Waals surface area contributed by atoms with Crippen molar-refractivity contribution < 1.29 is 17.9 Å². The number of fused-ring (bicyclic) bond motifs is 1. The Balaban J connectivity index is 1.32. The van der Waals surface area contributed by atoms with Gasteiger partial charge in [-0.25, -0.2) is 8.42 Å². The van der Waals surface area contributed by atoms with E-state index >= 15 is 0 Å². The lowest BCUT2D eigenvalue weighted by molar-refractivity contribution is -0.115. The van der Waals surface area contributed by atoms with Crippen LogP contribution in [0.4, 0.5) is 5.69 Å². The van der Waals surface area contributed by atoms with Crippen LogP contribution in [-0.2, 0) is 32.5 Å². The molecular weight excluding hydrogens is 528 g/mol. The minimum absolute atomic E-state index is 0.148. The van der Waals surface area contributed by atoms with Crippen LogP contribution in [0.2, 0.25) is 0 Å². The van der Waals surface area contributed by atoms with Crippen molar-refractivity contribution in [2.24, 2.45) is 0 Å². The molecule has 3 aromatic heterocycles. The Kier molecular flexibility index (Phi) is 7.16. The second-order valence-electron chi connectivity index (χ2n) is 10.5. The van der Waals surface area contributed by atoms with Gasteiger partial charge >= 0.3 is 0 Å². The molecule has 0 radical (unpaired) electrons. The van der Waals surface area contributed by atoms with Gasteiger partial charge in [0, 0.05) is 30.2 Å². The number of rotatable bonds is 8. The van der Waals surface area contributed by atoms with E-state index in [9.17, 15) is 13.2 Å². The predicted octanol–water partition coefficient (Wildman–Crippen LogP) is 5.10. The van der Waals surface area contributed by atoms with Crippen LogP contribution in [0, 0.1) is 6.92 Å². The van der Waals surface area contributed by atoms with Gasteiger partial charge in [-0.2, -0.15) is 10.2 Å². The molecule has 3 heterocycles. The quantitative estimate of drug-likeness (QED) is 0.281. The number of carbonyl (C=O) groups excluding carboxylic acids is 1. The summed E-state index contributed by atoms with van der Waals surface area (Å²) in [4.78, 5) is 17.2. The molecule has 0 saturated heterocycles. The van der Waals surface area contributed by atoms with Crippen LogP contribution < -0.4 is 10.1 Å². The third-order valence-corrected chi connectivity index (χ3v) is 7.85. The molecule has 206 valence electrons. The summed E-state index contributed by atoms with van der Waals surface area (Å²) < 4.78 is 35.4. The van der Waals surface area contributed by atoms with E-state index < -0.39 is 9.84 Å². The summed E-state index contributed by atoms with van der Waals surface area (Å²) >= 11 is 0.